The van der Waals surface area contributed by atoms with Crippen LogP contribution < -0.4 is 0 Å². The number of rotatable bonds is 6. The number of hydrogen-bond donors (Lipinski definition) is 0. The molecular weight excluding hydrogens is 320 g/mol. The molecule has 4 rings (SSSR count). The zero-order valence-electron chi connectivity index (χ0n) is 13.9. The molecule has 0 unspecified atom stereocenters. The monoisotopic (exact) mass is 344 g/mol. The van der Waals surface area contributed by atoms with E-state index in [0.29, 0.717) is 12.1 Å². The Morgan fingerprint density at radius 3 is 2.92 bits per heavy atom. The Morgan fingerprint density at radius 2 is 2.17 bits per heavy atom. The minimum absolute atomic E-state index is 0.378. The molecule has 2 atom stereocenters. The molecule has 0 amide bonds. The van der Waals surface area contributed by atoms with E-state index >= 15 is 0 Å². The molecule has 0 aliphatic carbocycles. The molecule has 0 radical (unpaired) electrons. The van der Waals surface area contributed by atoms with Crippen molar-refractivity contribution in [1.29, 1.82) is 0 Å². The van der Waals surface area contributed by atoms with Gasteiger partial charge < -0.3 is 4.74 Å². The highest BCUT2D eigenvalue weighted by Crippen LogP contribution is 2.26. The molecule has 2 aromatic rings. The first-order valence-corrected chi connectivity index (χ1v) is 9.93. The van der Waals surface area contributed by atoms with Gasteiger partial charge in [-0.2, -0.15) is 16.9 Å². The topological polar surface area (TPSA) is 43.2 Å². The van der Waals surface area contributed by atoms with Gasteiger partial charge in [-0.25, -0.2) is 9.67 Å². The second kappa shape index (κ2) is 7.68. The van der Waals surface area contributed by atoms with Crippen LogP contribution in [0.25, 0.3) is 5.69 Å². The molecular formula is C18H24N4OS. The Balaban J connectivity index is 1.53. The molecule has 0 saturated carbocycles. The van der Waals surface area contributed by atoms with E-state index in [1.807, 2.05) is 22.9 Å². The van der Waals surface area contributed by atoms with E-state index in [1.54, 1.807) is 6.33 Å². The first kappa shape index (κ1) is 16.1. The van der Waals surface area contributed by atoms with Crippen LogP contribution in [0, 0.1) is 0 Å². The van der Waals surface area contributed by atoms with E-state index in [1.165, 1.54) is 30.8 Å². The highest BCUT2D eigenvalue weighted by molar-refractivity contribution is 7.99. The van der Waals surface area contributed by atoms with Gasteiger partial charge in [0, 0.05) is 24.9 Å². The minimum atomic E-state index is 0.378. The Kier molecular flexibility index (Phi) is 5.16. The van der Waals surface area contributed by atoms with Gasteiger partial charge in [0.1, 0.15) is 12.2 Å². The third kappa shape index (κ3) is 3.66. The Hall–Kier alpha value is -1.37. The highest BCUT2D eigenvalue weighted by Gasteiger charge is 2.28. The second-order valence-electron chi connectivity index (χ2n) is 6.51. The number of ether oxygens (including phenoxy) is 1. The first-order valence-electron chi connectivity index (χ1n) is 8.78. The maximum atomic E-state index is 5.89. The molecule has 1 aromatic carbocycles. The molecule has 128 valence electrons. The van der Waals surface area contributed by atoms with Crippen molar-refractivity contribution in [2.45, 2.75) is 38.0 Å². The predicted molar refractivity (Wildman–Crippen MR) is 96.5 cm³/mol. The summed E-state index contributed by atoms with van der Waals surface area (Å²) < 4.78 is 7.85. The molecule has 2 aliphatic heterocycles. The van der Waals surface area contributed by atoms with Crippen LogP contribution in [0.4, 0.5) is 0 Å². The molecule has 2 aliphatic rings. The van der Waals surface area contributed by atoms with Crippen molar-refractivity contribution in [2.24, 2.45) is 0 Å². The number of thioether (sulfide) groups is 1. The van der Waals surface area contributed by atoms with Crippen LogP contribution >= 0.6 is 11.8 Å². The van der Waals surface area contributed by atoms with E-state index in [9.17, 15) is 0 Å². The van der Waals surface area contributed by atoms with Crippen LogP contribution in [0.15, 0.2) is 36.7 Å². The normalized spacial score (nSPS) is 24.0. The summed E-state index contributed by atoms with van der Waals surface area (Å²) in [5.41, 5.74) is 1.07. The zero-order chi connectivity index (χ0) is 16.2. The number of aromatic nitrogens is 3. The van der Waals surface area contributed by atoms with Crippen LogP contribution in [0.3, 0.4) is 0 Å². The van der Waals surface area contributed by atoms with Crippen LogP contribution in [-0.4, -0.2) is 56.5 Å². The van der Waals surface area contributed by atoms with E-state index in [2.05, 4.69) is 38.9 Å². The van der Waals surface area contributed by atoms with Gasteiger partial charge in [0.25, 0.3) is 0 Å². The van der Waals surface area contributed by atoms with E-state index in [0.717, 1.165) is 31.2 Å². The first-order chi connectivity index (χ1) is 11.9. The summed E-state index contributed by atoms with van der Waals surface area (Å²) in [7, 11) is 0. The van der Waals surface area contributed by atoms with Gasteiger partial charge in [0.15, 0.2) is 0 Å². The molecule has 0 spiro atoms. The zero-order valence-corrected chi connectivity index (χ0v) is 14.7. The molecule has 2 fully saturated rings. The lowest BCUT2D eigenvalue weighted by molar-refractivity contribution is 0.0562. The minimum Gasteiger partial charge on any atom is -0.377 e. The lowest BCUT2D eigenvalue weighted by Crippen LogP contribution is -2.40. The summed E-state index contributed by atoms with van der Waals surface area (Å²) in [5.74, 6) is 3.49. The van der Waals surface area contributed by atoms with Crippen LogP contribution in [0.5, 0.6) is 0 Å². The van der Waals surface area contributed by atoms with Crippen molar-refractivity contribution in [3.8, 4) is 5.69 Å². The van der Waals surface area contributed by atoms with E-state index in [-0.39, 0.29) is 0 Å². The smallest absolute Gasteiger partial charge is 0.146 e. The van der Waals surface area contributed by atoms with Crippen molar-refractivity contribution in [2.75, 3.05) is 24.7 Å². The number of hydrogen-bond acceptors (Lipinski definition) is 5. The molecule has 24 heavy (non-hydrogen) atoms. The van der Waals surface area contributed by atoms with Gasteiger partial charge >= 0.3 is 0 Å². The van der Waals surface area contributed by atoms with Crippen molar-refractivity contribution in [1.82, 2.24) is 19.7 Å². The number of para-hydroxylation sites is 1. The standard InChI is InChI=1S/C18H24N4OS/c1-2-5-15(6-3-1)22-18(19-14-20-22)12-21(16-8-10-24-13-16)11-17-7-4-9-23-17/h1-3,5-6,14,16-17H,4,7-13H2/t16-,17+/m0/s1. The molecule has 0 N–H and O–H groups in total. The Bertz CT molecular complexity index is 635. The third-order valence-electron chi connectivity index (χ3n) is 4.85. The summed E-state index contributed by atoms with van der Waals surface area (Å²) in [6.45, 7) is 2.75. The van der Waals surface area contributed by atoms with Gasteiger partial charge in [-0.1, -0.05) is 18.2 Å². The fourth-order valence-corrected chi connectivity index (χ4v) is 4.80. The predicted octanol–water partition coefficient (Wildman–Crippen LogP) is 2.75. The molecule has 0 bridgehead atoms. The molecule has 5 nitrogen and oxygen atoms in total. The number of benzene rings is 1. The summed E-state index contributed by atoms with van der Waals surface area (Å²) in [6, 6.07) is 10.9. The molecule has 3 heterocycles. The van der Waals surface area contributed by atoms with Gasteiger partial charge in [-0.15, -0.1) is 0 Å². The average molecular weight is 344 g/mol. The fraction of sp³-hybridized carbons (Fsp3) is 0.556. The van der Waals surface area contributed by atoms with Crippen LogP contribution in [0.1, 0.15) is 25.1 Å². The van der Waals surface area contributed by atoms with Gasteiger partial charge in [-0.05, 0) is 37.1 Å². The van der Waals surface area contributed by atoms with E-state index < -0.39 is 0 Å². The molecule has 2 saturated heterocycles. The molecule has 1 aromatic heterocycles. The van der Waals surface area contributed by atoms with Crippen LogP contribution in [-0.2, 0) is 11.3 Å². The lowest BCUT2D eigenvalue weighted by atomic mass is 10.1. The summed E-state index contributed by atoms with van der Waals surface area (Å²) in [6.07, 6.45) is 5.68. The summed E-state index contributed by atoms with van der Waals surface area (Å²) in [5, 5.41) is 4.44. The average Bonchev–Trinajstić information content (AvgIpc) is 3.38. The maximum Gasteiger partial charge on any atom is 0.146 e. The van der Waals surface area contributed by atoms with E-state index in [4.69, 9.17) is 4.74 Å². The fourth-order valence-electron chi connectivity index (χ4n) is 3.54. The lowest BCUT2D eigenvalue weighted by Gasteiger charge is -2.30. The third-order valence-corrected chi connectivity index (χ3v) is 5.99. The van der Waals surface area contributed by atoms with Gasteiger partial charge in [0.2, 0.25) is 0 Å². The van der Waals surface area contributed by atoms with Crippen molar-refractivity contribution < 1.29 is 4.74 Å². The van der Waals surface area contributed by atoms with Crippen molar-refractivity contribution in [3.63, 3.8) is 0 Å². The quantitative estimate of drug-likeness (QED) is 0.806. The SMILES string of the molecule is c1ccc(-n2ncnc2CN(C[C@H]2CCCO2)[C@H]2CCSC2)cc1. The Morgan fingerprint density at radius 1 is 1.25 bits per heavy atom. The molecule has 6 heteroatoms. The van der Waals surface area contributed by atoms with Gasteiger partial charge in [0.05, 0.1) is 18.3 Å². The van der Waals surface area contributed by atoms with Crippen molar-refractivity contribution in [3.05, 3.63) is 42.5 Å². The highest BCUT2D eigenvalue weighted by atomic mass is 32.2. The van der Waals surface area contributed by atoms with Crippen LogP contribution in [0.2, 0.25) is 0 Å². The second-order valence-corrected chi connectivity index (χ2v) is 7.66. The summed E-state index contributed by atoms with van der Waals surface area (Å²) in [4.78, 5) is 7.11. The van der Waals surface area contributed by atoms with Gasteiger partial charge in [-0.3, -0.25) is 4.90 Å². The van der Waals surface area contributed by atoms with Crippen molar-refractivity contribution >= 4 is 11.8 Å². The largest absolute Gasteiger partial charge is 0.377 e. The maximum absolute atomic E-state index is 5.89. The Labute approximate surface area is 147 Å². The summed E-state index contributed by atoms with van der Waals surface area (Å²) >= 11 is 2.06. The number of nitrogens with zero attached hydrogens (tertiary/aromatic N) is 4.